The number of ether oxygens (including phenoxy) is 2. The van der Waals surface area contributed by atoms with E-state index in [4.69, 9.17) is 33.3 Å². The minimum absolute atomic E-state index is 0.0187. The molecule has 2 heterocycles. The standard InChI is InChI=1S/C28H27ClN4O4S/c1-18-5-7-19(8-6-18)27(35)33-13-11-32(12-14-33)25-21(29)3-2-4-22(25)30-28(38)31-26(34)20-9-10-23-24(17-20)37-16-15-36-23/h2-10,17H,11-16H2,1H3,(H2,30,31,34,38). The number of piperazine rings is 1. The van der Waals surface area contributed by atoms with Crippen LogP contribution in [0.3, 0.4) is 0 Å². The van der Waals surface area contributed by atoms with E-state index in [2.05, 4.69) is 15.5 Å². The van der Waals surface area contributed by atoms with E-state index in [1.165, 1.54) is 0 Å². The molecule has 10 heteroatoms. The smallest absolute Gasteiger partial charge is 0.257 e. The van der Waals surface area contributed by atoms with Crippen molar-refractivity contribution in [3.05, 3.63) is 82.4 Å². The van der Waals surface area contributed by atoms with Gasteiger partial charge in [-0.2, -0.15) is 0 Å². The van der Waals surface area contributed by atoms with Gasteiger partial charge in [0.15, 0.2) is 16.6 Å². The van der Waals surface area contributed by atoms with E-state index in [9.17, 15) is 9.59 Å². The number of amides is 2. The maximum absolute atomic E-state index is 12.9. The number of fused-ring (bicyclic) bond motifs is 1. The first-order chi connectivity index (χ1) is 18.4. The monoisotopic (exact) mass is 550 g/mol. The molecule has 5 rings (SSSR count). The summed E-state index contributed by atoms with van der Waals surface area (Å²) in [6, 6.07) is 18.1. The molecule has 0 spiro atoms. The zero-order valence-electron chi connectivity index (χ0n) is 20.8. The Morgan fingerprint density at radius 1 is 0.895 bits per heavy atom. The molecule has 3 aromatic carbocycles. The first-order valence-corrected chi connectivity index (χ1v) is 13.1. The predicted octanol–water partition coefficient (Wildman–Crippen LogP) is 4.51. The van der Waals surface area contributed by atoms with Crippen molar-refractivity contribution in [2.24, 2.45) is 0 Å². The summed E-state index contributed by atoms with van der Waals surface area (Å²) in [5.74, 6) is 0.786. The van der Waals surface area contributed by atoms with Crippen molar-refractivity contribution in [2.75, 3.05) is 49.6 Å². The number of para-hydroxylation sites is 1. The number of carbonyl (C=O) groups excluding carboxylic acids is 2. The number of rotatable bonds is 4. The van der Waals surface area contributed by atoms with Crippen molar-refractivity contribution >= 4 is 52.1 Å². The Morgan fingerprint density at radius 3 is 2.32 bits per heavy atom. The summed E-state index contributed by atoms with van der Waals surface area (Å²) < 4.78 is 11.1. The van der Waals surface area contributed by atoms with E-state index >= 15 is 0 Å². The van der Waals surface area contributed by atoms with Crippen LogP contribution in [0.15, 0.2) is 60.7 Å². The number of nitrogens with zero attached hydrogens (tertiary/aromatic N) is 2. The fourth-order valence-corrected chi connectivity index (χ4v) is 4.96. The van der Waals surface area contributed by atoms with Crippen LogP contribution in [0.5, 0.6) is 11.5 Å². The molecule has 1 fully saturated rings. The van der Waals surface area contributed by atoms with Gasteiger partial charge in [0.05, 0.1) is 16.4 Å². The van der Waals surface area contributed by atoms with Crippen LogP contribution in [0.25, 0.3) is 0 Å². The third-order valence-electron chi connectivity index (χ3n) is 6.45. The quantitative estimate of drug-likeness (QED) is 0.463. The van der Waals surface area contributed by atoms with Gasteiger partial charge in [-0.15, -0.1) is 0 Å². The van der Waals surface area contributed by atoms with Crippen LogP contribution < -0.4 is 25.0 Å². The van der Waals surface area contributed by atoms with Gasteiger partial charge < -0.3 is 24.6 Å². The minimum atomic E-state index is -0.369. The molecule has 0 radical (unpaired) electrons. The SMILES string of the molecule is Cc1ccc(C(=O)N2CCN(c3c(Cl)cccc3NC(=S)NC(=O)c3ccc4c(c3)OCCO4)CC2)cc1. The summed E-state index contributed by atoms with van der Waals surface area (Å²) in [5, 5.41) is 6.52. The van der Waals surface area contributed by atoms with Gasteiger partial charge in [-0.05, 0) is 61.6 Å². The largest absolute Gasteiger partial charge is 0.486 e. The van der Waals surface area contributed by atoms with Crippen LogP contribution in [-0.4, -0.2) is 61.2 Å². The molecule has 0 aliphatic carbocycles. The van der Waals surface area contributed by atoms with E-state index in [-0.39, 0.29) is 16.9 Å². The lowest BCUT2D eigenvalue weighted by atomic mass is 10.1. The van der Waals surface area contributed by atoms with Gasteiger partial charge in [0.2, 0.25) is 0 Å². The Labute approximate surface area is 231 Å². The van der Waals surface area contributed by atoms with Crippen molar-refractivity contribution in [3.63, 3.8) is 0 Å². The minimum Gasteiger partial charge on any atom is -0.486 e. The third-order valence-corrected chi connectivity index (χ3v) is 6.96. The Balaban J connectivity index is 1.23. The maximum atomic E-state index is 12.9. The van der Waals surface area contributed by atoms with Crippen LogP contribution in [0.1, 0.15) is 26.3 Å². The number of hydrogen-bond acceptors (Lipinski definition) is 6. The third kappa shape index (κ3) is 5.69. The average molecular weight is 551 g/mol. The molecular formula is C28H27ClN4O4S. The zero-order chi connectivity index (χ0) is 26.6. The Morgan fingerprint density at radius 2 is 1.58 bits per heavy atom. The fraction of sp³-hybridized carbons (Fsp3) is 0.250. The lowest BCUT2D eigenvalue weighted by Gasteiger charge is -2.37. The molecule has 2 amide bonds. The summed E-state index contributed by atoms with van der Waals surface area (Å²) in [6.45, 7) is 5.23. The molecule has 0 unspecified atom stereocenters. The summed E-state index contributed by atoms with van der Waals surface area (Å²) in [4.78, 5) is 29.7. The Hall–Kier alpha value is -3.82. The van der Waals surface area contributed by atoms with Crippen LogP contribution >= 0.6 is 23.8 Å². The predicted molar refractivity (Wildman–Crippen MR) is 152 cm³/mol. The highest BCUT2D eigenvalue weighted by molar-refractivity contribution is 7.80. The molecule has 2 aliphatic heterocycles. The number of benzene rings is 3. The second kappa shape index (κ2) is 11.3. The molecule has 0 atom stereocenters. The van der Waals surface area contributed by atoms with E-state index in [1.807, 2.05) is 54.3 Å². The van der Waals surface area contributed by atoms with Crippen molar-refractivity contribution in [1.29, 1.82) is 0 Å². The topological polar surface area (TPSA) is 83.1 Å². The number of thiocarbonyl (C=S) groups is 1. The van der Waals surface area contributed by atoms with Gasteiger partial charge in [0.25, 0.3) is 11.8 Å². The lowest BCUT2D eigenvalue weighted by Crippen LogP contribution is -2.49. The Kier molecular flexibility index (Phi) is 7.67. The van der Waals surface area contributed by atoms with Gasteiger partial charge in [-0.25, -0.2) is 0 Å². The van der Waals surface area contributed by atoms with E-state index in [0.717, 1.165) is 11.3 Å². The molecule has 1 saturated heterocycles. The van der Waals surface area contributed by atoms with Gasteiger partial charge in [-0.3, -0.25) is 14.9 Å². The van der Waals surface area contributed by atoms with Gasteiger partial charge in [0, 0.05) is 37.3 Å². The highest BCUT2D eigenvalue weighted by atomic mass is 35.5. The molecular weight excluding hydrogens is 524 g/mol. The molecule has 0 saturated carbocycles. The fourth-order valence-electron chi connectivity index (χ4n) is 4.46. The van der Waals surface area contributed by atoms with Crippen molar-refractivity contribution in [1.82, 2.24) is 10.2 Å². The molecule has 196 valence electrons. The number of halogens is 1. The number of carbonyl (C=O) groups is 2. The molecule has 0 aromatic heterocycles. The first kappa shape index (κ1) is 25.8. The van der Waals surface area contributed by atoms with Crippen molar-refractivity contribution in [2.45, 2.75) is 6.92 Å². The first-order valence-electron chi connectivity index (χ1n) is 12.3. The number of aryl methyl sites for hydroxylation is 1. The normalized spacial score (nSPS) is 14.6. The average Bonchev–Trinajstić information content (AvgIpc) is 2.93. The van der Waals surface area contributed by atoms with Crippen LogP contribution in [-0.2, 0) is 0 Å². The van der Waals surface area contributed by atoms with Crippen LogP contribution in [0.2, 0.25) is 5.02 Å². The maximum Gasteiger partial charge on any atom is 0.257 e. The molecule has 0 bridgehead atoms. The molecule has 38 heavy (non-hydrogen) atoms. The summed E-state index contributed by atoms with van der Waals surface area (Å²) >= 11 is 12.0. The highest BCUT2D eigenvalue weighted by Crippen LogP contribution is 2.35. The van der Waals surface area contributed by atoms with Gasteiger partial charge in [-0.1, -0.05) is 35.4 Å². The molecule has 8 nitrogen and oxygen atoms in total. The van der Waals surface area contributed by atoms with Crippen LogP contribution in [0, 0.1) is 6.92 Å². The zero-order valence-corrected chi connectivity index (χ0v) is 22.4. The van der Waals surface area contributed by atoms with Gasteiger partial charge >= 0.3 is 0 Å². The van der Waals surface area contributed by atoms with E-state index in [1.54, 1.807) is 18.2 Å². The van der Waals surface area contributed by atoms with Gasteiger partial charge in [0.1, 0.15) is 13.2 Å². The molecule has 2 N–H and O–H groups in total. The van der Waals surface area contributed by atoms with Crippen LogP contribution in [0.4, 0.5) is 11.4 Å². The van der Waals surface area contributed by atoms with Crippen molar-refractivity contribution in [3.8, 4) is 11.5 Å². The Bertz CT molecular complexity index is 1370. The molecule has 2 aliphatic rings. The molecule has 3 aromatic rings. The summed E-state index contributed by atoms with van der Waals surface area (Å²) in [6.07, 6.45) is 0. The number of nitrogens with one attached hydrogen (secondary N) is 2. The van der Waals surface area contributed by atoms with E-state index in [0.29, 0.717) is 72.7 Å². The lowest BCUT2D eigenvalue weighted by molar-refractivity contribution is 0.0746. The number of hydrogen-bond donors (Lipinski definition) is 2. The second-order valence-corrected chi connectivity index (χ2v) is 9.86. The highest BCUT2D eigenvalue weighted by Gasteiger charge is 2.25. The van der Waals surface area contributed by atoms with E-state index < -0.39 is 0 Å². The van der Waals surface area contributed by atoms with Crippen molar-refractivity contribution < 1.29 is 19.1 Å². The second-order valence-electron chi connectivity index (χ2n) is 9.05. The number of anilines is 2. The summed E-state index contributed by atoms with van der Waals surface area (Å²) in [5.41, 5.74) is 3.64. The summed E-state index contributed by atoms with van der Waals surface area (Å²) in [7, 11) is 0.